The topological polar surface area (TPSA) is 48.9 Å². The van der Waals surface area contributed by atoms with Gasteiger partial charge in [-0.15, -0.1) is 11.6 Å². The summed E-state index contributed by atoms with van der Waals surface area (Å²) in [6.07, 6.45) is 11.1. The lowest BCUT2D eigenvalue weighted by atomic mass is 10.4. The highest BCUT2D eigenvalue weighted by molar-refractivity contribution is 6.22. The van der Waals surface area contributed by atoms with Crippen molar-refractivity contribution in [2.45, 2.75) is 12.3 Å². The first-order chi connectivity index (χ1) is 6.31. The number of hydrogen-bond donors (Lipinski definition) is 2. The van der Waals surface area contributed by atoms with Crippen molar-refractivity contribution >= 4 is 11.6 Å². The van der Waals surface area contributed by atoms with E-state index >= 15 is 0 Å². The standard InChI is InChI=1S/C6H9ClO.C3H4N2/c1-2-3-6(7)4-5-8;1-2-5-3-4-1/h2-6,8H,1H3;1-3H,(H,4,5)/b3-2-,5-4+;. The first kappa shape index (κ1) is 11.8. The highest BCUT2D eigenvalue weighted by atomic mass is 35.5. The number of aromatic nitrogens is 2. The van der Waals surface area contributed by atoms with Crippen molar-refractivity contribution in [2.24, 2.45) is 0 Å². The Morgan fingerprint density at radius 3 is 2.62 bits per heavy atom. The highest BCUT2D eigenvalue weighted by Crippen LogP contribution is 1.97. The molecule has 0 spiro atoms. The fourth-order valence-electron chi connectivity index (χ4n) is 0.545. The number of allylic oxidation sites excluding steroid dienone is 3. The van der Waals surface area contributed by atoms with Crippen molar-refractivity contribution in [3.8, 4) is 0 Å². The van der Waals surface area contributed by atoms with Gasteiger partial charge in [0.2, 0.25) is 0 Å². The number of H-pyrrole nitrogens is 1. The summed E-state index contributed by atoms with van der Waals surface area (Å²) in [5.41, 5.74) is 0. The second kappa shape index (κ2) is 8.87. The molecule has 0 aliphatic heterocycles. The molecule has 0 aliphatic carbocycles. The SMILES string of the molecule is C/C=C\C(Cl)/C=C/O.c1c[nH]cn1. The van der Waals surface area contributed by atoms with Gasteiger partial charge in [0.15, 0.2) is 0 Å². The van der Waals surface area contributed by atoms with Crippen molar-refractivity contribution < 1.29 is 5.11 Å². The molecular weight excluding hydrogens is 188 g/mol. The van der Waals surface area contributed by atoms with Crippen LogP contribution >= 0.6 is 11.6 Å². The summed E-state index contributed by atoms with van der Waals surface area (Å²) >= 11 is 5.55. The summed E-state index contributed by atoms with van der Waals surface area (Å²) in [4.78, 5) is 6.42. The third-order valence-corrected chi connectivity index (χ3v) is 1.34. The maximum atomic E-state index is 8.16. The van der Waals surface area contributed by atoms with Gasteiger partial charge in [0.1, 0.15) is 0 Å². The Hall–Kier alpha value is -1.22. The van der Waals surface area contributed by atoms with Gasteiger partial charge in [-0.25, -0.2) is 4.98 Å². The first-order valence-electron chi connectivity index (χ1n) is 3.81. The Labute approximate surface area is 82.8 Å². The van der Waals surface area contributed by atoms with Crippen LogP contribution in [-0.4, -0.2) is 20.5 Å². The zero-order valence-corrected chi connectivity index (χ0v) is 8.15. The van der Waals surface area contributed by atoms with Gasteiger partial charge in [0.05, 0.1) is 18.0 Å². The van der Waals surface area contributed by atoms with Gasteiger partial charge < -0.3 is 10.1 Å². The third kappa shape index (κ3) is 8.69. The minimum atomic E-state index is -0.176. The van der Waals surface area contributed by atoms with E-state index in [2.05, 4.69) is 9.97 Å². The summed E-state index contributed by atoms with van der Waals surface area (Å²) in [6.45, 7) is 1.88. The summed E-state index contributed by atoms with van der Waals surface area (Å²) in [6, 6.07) is 0. The van der Waals surface area contributed by atoms with Gasteiger partial charge in [-0.1, -0.05) is 12.2 Å². The number of nitrogens with one attached hydrogen (secondary N) is 1. The molecule has 1 aromatic rings. The molecule has 0 fully saturated rings. The second-order valence-corrected chi connectivity index (χ2v) is 2.58. The van der Waals surface area contributed by atoms with Gasteiger partial charge in [-0.3, -0.25) is 0 Å². The predicted octanol–water partition coefficient (Wildman–Crippen LogP) is 2.65. The quantitative estimate of drug-likeness (QED) is 0.438. The van der Waals surface area contributed by atoms with Gasteiger partial charge >= 0.3 is 0 Å². The van der Waals surface area contributed by atoms with Crippen LogP contribution in [0.3, 0.4) is 0 Å². The normalized spacial score (nSPS) is 12.8. The molecule has 1 heterocycles. The maximum Gasteiger partial charge on any atom is 0.0919 e. The van der Waals surface area contributed by atoms with E-state index < -0.39 is 0 Å². The average Bonchev–Trinajstić information content (AvgIpc) is 2.61. The Bertz CT molecular complexity index is 203. The van der Waals surface area contributed by atoms with Crippen LogP contribution < -0.4 is 0 Å². The van der Waals surface area contributed by atoms with E-state index in [1.807, 2.05) is 13.0 Å². The van der Waals surface area contributed by atoms with Crippen LogP contribution in [0, 0.1) is 0 Å². The molecule has 0 saturated carbocycles. The van der Waals surface area contributed by atoms with Crippen LogP contribution in [0.25, 0.3) is 0 Å². The van der Waals surface area contributed by atoms with Crippen molar-refractivity contribution in [2.75, 3.05) is 0 Å². The molecule has 4 heteroatoms. The number of halogens is 1. The van der Waals surface area contributed by atoms with E-state index in [1.54, 1.807) is 24.8 Å². The number of aliphatic hydroxyl groups excluding tert-OH is 1. The van der Waals surface area contributed by atoms with Gasteiger partial charge in [0.25, 0.3) is 0 Å². The Balaban J connectivity index is 0.000000243. The number of aliphatic hydroxyl groups is 1. The molecule has 0 aliphatic rings. The lowest BCUT2D eigenvalue weighted by molar-refractivity contribution is 0.472. The Kier molecular flexibility index (Phi) is 8.04. The van der Waals surface area contributed by atoms with E-state index in [0.717, 1.165) is 6.26 Å². The fraction of sp³-hybridized carbons (Fsp3) is 0.222. The highest BCUT2D eigenvalue weighted by Gasteiger charge is 1.87. The van der Waals surface area contributed by atoms with Crippen molar-refractivity contribution in [3.05, 3.63) is 43.2 Å². The lowest BCUT2D eigenvalue weighted by Gasteiger charge is -1.88. The minimum absolute atomic E-state index is 0.176. The summed E-state index contributed by atoms with van der Waals surface area (Å²) in [5, 5.41) is 7.99. The van der Waals surface area contributed by atoms with Crippen LogP contribution in [0.1, 0.15) is 6.92 Å². The third-order valence-electron chi connectivity index (χ3n) is 1.05. The van der Waals surface area contributed by atoms with Crippen LogP contribution in [0.15, 0.2) is 43.2 Å². The first-order valence-corrected chi connectivity index (χ1v) is 4.25. The molecule has 0 amide bonds. The number of nitrogens with zero attached hydrogens (tertiary/aromatic N) is 1. The molecule has 1 atom stereocenters. The van der Waals surface area contributed by atoms with Crippen molar-refractivity contribution in [3.63, 3.8) is 0 Å². The van der Waals surface area contributed by atoms with E-state index in [0.29, 0.717) is 0 Å². The Morgan fingerprint density at radius 1 is 1.54 bits per heavy atom. The predicted molar refractivity (Wildman–Crippen MR) is 54.8 cm³/mol. The van der Waals surface area contributed by atoms with Crippen LogP contribution in [-0.2, 0) is 0 Å². The number of aromatic amines is 1. The molecule has 1 unspecified atom stereocenters. The summed E-state index contributed by atoms with van der Waals surface area (Å²) < 4.78 is 0. The largest absolute Gasteiger partial charge is 0.516 e. The molecule has 0 saturated heterocycles. The lowest BCUT2D eigenvalue weighted by Crippen LogP contribution is -1.83. The number of hydrogen-bond acceptors (Lipinski definition) is 2. The molecular formula is C9H13ClN2O. The molecule has 0 bridgehead atoms. The summed E-state index contributed by atoms with van der Waals surface area (Å²) in [7, 11) is 0. The average molecular weight is 201 g/mol. The molecule has 1 rings (SSSR count). The van der Waals surface area contributed by atoms with E-state index in [9.17, 15) is 0 Å². The molecule has 2 N–H and O–H groups in total. The van der Waals surface area contributed by atoms with E-state index in [1.165, 1.54) is 6.08 Å². The second-order valence-electron chi connectivity index (χ2n) is 2.07. The minimum Gasteiger partial charge on any atom is -0.516 e. The Morgan fingerprint density at radius 2 is 2.31 bits per heavy atom. The number of imidazole rings is 1. The molecule has 13 heavy (non-hydrogen) atoms. The van der Waals surface area contributed by atoms with Crippen molar-refractivity contribution in [1.82, 2.24) is 9.97 Å². The van der Waals surface area contributed by atoms with Crippen molar-refractivity contribution in [1.29, 1.82) is 0 Å². The van der Waals surface area contributed by atoms with E-state index in [-0.39, 0.29) is 5.38 Å². The zero-order chi connectivity index (χ0) is 9.94. The number of alkyl halides is 1. The van der Waals surface area contributed by atoms with Gasteiger partial charge in [-0.05, 0) is 13.0 Å². The molecule has 72 valence electrons. The monoisotopic (exact) mass is 200 g/mol. The fourth-order valence-corrected chi connectivity index (χ4v) is 0.756. The maximum absolute atomic E-state index is 8.16. The van der Waals surface area contributed by atoms with Gasteiger partial charge in [-0.2, -0.15) is 0 Å². The van der Waals surface area contributed by atoms with Crippen LogP contribution in [0.4, 0.5) is 0 Å². The summed E-state index contributed by atoms with van der Waals surface area (Å²) in [5.74, 6) is 0. The van der Waals surface area contributed by atoms with Gasteiger partial charge in [0, 0.05) is 12.4 Å². The van der Waals surface area contributed by atoms with Crippen LogP contribution in [0.5, 0.6) is 0 Å². The van der Waals surface area contributed by atoms with Crippen LogP contribution in [0.2, 0.25) is 0 Å². The smallest absolute Gasteiger partial charge is 0.0919 e. The number of rotatable bonds is 2. The zero-order valence-electron chi connectivity index (χ0n) is 7.39. The van der Waals surface area contributed by atoms with E-state index in [4.69, 9.17) is 16.7 Å². The molecule has 3 nitrogen and oxygen atoms in total. The molecule has 0 radical (unpaired) electrons. The molecule has 0 aromatic carbocycles. The molecule has 1 aromatic heterocycles.